The first-order valence-corrected chi connectivity index (χ1v) is 6.92. The topological polar surface area (TPSA) is 80.0 Å². The Balaban J connectivity index is 1.92. The molecule has 4 rings (SSSR count). The van der Waals surface area contributed by atoms with Crippen LogP contribution in [0, 0.1) is 11.3 Å². The largest absolute Gasteiger partial charge is 0.462 e. The molecule has 0 amide bonds. The molecule has 4 aromatic heterocycles. The van der Waals surface area contributed by atoms with E-state index in [1.165, 1.54) is 11.3 Å². The summed E-state index contributed by atoms with van der Waals surface area (Å²) in [5.41, 5.74) is 1.79. The fourth-order valence-electron chi connectivity index (χ4n) is 2.05. The molecule has 0 aromatic carbocycles. The number of hydrogen-bond donors (Lipinski definition) is 0. The Morgan fingerprint density at radius 2 is 2.24 bits per heavy atom. The summed E-state index contributed by atoms with van der Waals surface area (Å²) in [4.78, 5) is 9.21. The Labute approximate surface area is 122 Å². The maximum Gasteiger partial charge on any atom is 0.214 e. The Bertz CT molecular complexity index is 947. The molecule has 7 heteroatoms. The van der Waals surface area contributed by atoms with Crippen molar-refractivity contribution in [1.29, 1.82) is 5.26 Å². The number of nitrogens with zero attached hydrogens (tertiary/aromatic N) is 5. The van der Waals surface area contributed by atoms with E-state index in [4.69, 9.17) is 4.42 Å². The molecule has 0 fully saturated rings. The first-order valence-electron chi connectivity index (χ1n) is 6.11. The van der Waals surface area contributed by atoms with E-state index in [1.807, 2.05) is 18.2 Å². The molecule has 0 bridgehead atoms. The van der Waals surface area contributed by atoms with Gasteiger partial charge in [0.25, 0.3) is 0 Å². The van der Waals surface area contributed by atoms with E-state index in [2.05, 4.69) is 21.1 Å². The average Bonchev–Trinajstić information content (AvgIpc) is 3.22. The van der Waals surface area contributed by atoms with Crippen LogP contribution in [-0.2, 0) is 0 Å². The standard InChI is InChI=1S/C14H7N5OS/c15-7-10-12(9-3-1-5-16-8-9)17-14-19(10)18-13(21-14)11-4-2-6-20-11/h1-6,8H. The highest BCUT2D eigenvalue weighted by Gasteiger charge is 2.19. The zero-order chi connectivity index (χ0) is 14.2. The number of imidazole rings is 1. The molecule has 0 saturated carbocycles. The highest BCUT2D eigenvalue weighted by Crippen LogP contribution is 2.30. The molecular formula is C14H7N5OS. The van der Waals surface area contributed by atoms with E-state index in [-0.39, 0.29) is 0 Å². The third-order valence-corrected chi connectivity index (χ3v) is 3.90. The molecular weight excluding hydrogens is 286 g/mol. The minimum absolute atomic E-state index is 0.395. The fourth-order valence-corrected chi connectivity index (χ4v) is 2.92. The average molecular weight is 293 g/mol. The third-order valence-electron chi connectivity index (χ3n) is 2.98. The summed E-state index contributed by atoms with van der Waals surface area (Å²) in [6.07, 6.45) is 4.95. The van der Waals surface area contributed by atoms with Crippen molar-refractivity contribution in [3.8, 4) is 28.1 Å². The second-order valence-corrected chi connectivity index (χ2v) is 5.20. The molecule has 0 atom stereocenters. The van der Waals surface area contributed by atoms with E-state index >= 15 is 0 Å². The lowest BCUT2D eigenvalue weighted by atomic mass is 10.2. The first kappa shape index (κ1) is 11.8. The maximum absolute atomic E-state index is 9.42. The summed E-state index contributed by atoms with van der Waals surface area (Å²) in [6.45, 7) is 0. The molecule has 6 nitrogen and oxygen atoms in total. The molecule has 0 aliphatic rings. The Hall–Kier alpha value is -2.98. The zero-order valence-corrected chi connectivity index (χ0v) is 11.4. The molecule has 0 spiro atoms. The maximum atomic E-state index is 9.42. The van der Waals surface area contributed by atoms with Gasteiger partial charge in [0.1, 0.15) is 11.8 Å². The van der Waals surface area contributed by atoms with Crippen molar-refractivity contribution < 1.29 is 4.42 Å². The van der Waals surface area contributed by atoms with Crippen molar-refractivity contribution in [2.24, 2.45) is 0 Å². The van der Waals surface area contributed by atoms with Crippen LogP contribution in [0.25, 0.3) is 27.0 Å². The monoisotopic (exact) mass is 293 g/mol. The number of furan rings is 1. The van der Waals surface area contributed by atoms with Gasteiger partial charge in [-0.3, -0.25) is 4.98 Å². The molecule has 21 heavy (non-hydrogen) atoms. The fraction of sp³-hybridized carbons (Fsp3) is 0. The van der Waals surface area contributed by atoms with Gasteiger partial charge in [-0.1, -0.05) is 11.3 Å². The van der Waals surface area contributed by atoms with Gasteiger partial charge in [-0.2, -0.15) is 9.78 Å². The highest BCUT2D eigenvalue weighted by atomic mass is 32.1. The van der Waals surface area contributed by atoms with Crippen molar-refractivity contribution in [3.05, 3.63) is 48.6 Å². The van der Waals surface area contributed by atoms with Gasteiger partial charge in [0, 0.05) is 18.0 Å². The summed E-state index contributed by atoms with van der Waals surface area (Å²) in [6, 6.07) is 9.46. The zero-order valence-electron chi connectivity index (χ0n) is 10.6. The molecule has 4 aromatic rings. The Morgan fingerprint density at radius 1 is 1.29 bits per heavy atom. The number of nitriles is 1. The van der Waals surface area contributed by atoms with Gasteiger partial charge in [0.15, 0.2) is 16.5 Å². The SMILES string of the molecule is N#Cc1c(-c2cccnc2)nc2sc(-c3ccco3)nn12. The minimum atomic E-state index is 0.395. The predicted octanol–water partition coefficient (Wildman–Crippen LogP) is 2.98. The van der Waals surface area contributed by atoms with Gasteiger partial charge in [0.2, 0.25) is 4.96 Å². The summed E-state index contributed by atoms with van der Waals surface area (Å²) in [5, 5.41) is 14.5. The second-order valence-electron chi connectivity index (χ2n) is 4.24. The number of aromatic nitrogens is 4. The van der Waals surface area contributed by atoms with Crippen LogP contribution < -0.4 is 0 Å². The van der Waals surface area contributed by atoms with Crippen molar-refractivity contribution in [3.63, 3.8) is 0 Å². The van der Waals surface area contributed by atoms with Crippen LogP contribution in [0.15, 0.2) is 47.3 Å². The van der Waals surface area contributed by atoms with E-state index in [1.54, 1.807) is 29.2 Å². The van der Waals surface area contributed by atoms with Gasteiger partial charge >= 0.3 is 0 Å². The summed E-state index contributed by atoms with van der Waals surface area (Å²) >= 11 is 1.38. The van der Waals surface area contributed by atoms with Crippen LogP contribution in [0.4, 0.5) is 0 Å². The molecule has 0 aliphatic carbocycles. The number of hydrogen-bond acceptors (Lipinski definition) is 6. The first-order chi connectivity index (χ1) is 10.4. The van der Waals surface area contributed by atoms with Crippen LogP contribution in [0.5, 0.6) is 0 Å². The quantitative estimate of drug-likeness (QED) is 0.567. The predicted molar refractivity (Wildman–Crippen MR) is 76.5 cm³/mol. The summed E-state index contributed by atoms with van der Waals surface area (Å²) in [5.74, 6) is 0.664. The Kier molecular flexibility index (Phi) is 2.55. The van der Waals surface area contributed by atoms with Crippen LogP contribution in [0.3, 0.4) is 0 Å². The molecule has 0 radical (unpaired) electrons. The molecule has 4 heterocycles. The van der Waals surface area contributed by atoms with Gasteiger partial charge in [-0.05, 0) is 24.3 Å². The lowest BCUT2D eigenvalue weighted by molar-refractivity contribution is 0.580. The minimum Gasteiger partial charge on any atom is -0.462 e. The second kappa shape index (κ2) is 4.54. The molecule has 0 unspecified atom stereocenters. The third kappa shape index (κ3) is 1.81. The van der Waals surface area contributed by atoms with Crippen molar-refractivity contribution >= 4 is 16.3 Å². The molecule has 0 saturated heterocycles. The molecule has 100 valence electrons. The Morgan fingerprint density at radius 3 is 2.95 bits per heavy atom. The summed E-state index contributed by atoms with van der Waals surface area (Å²) < 4.78 is 6.87. The van der Waals surface area contributed by atoms with Crippen LogP contribution >= 0.6 is 11.3 Å². The van der Waals surface area contributed by atoms with Gasteiger partial charge in [-0.25, -0.2) is 4.98 Å². The highest BCUT2D eigenvalue weighted by molar-refractivity contribution is 7.19. The number of pyridine rings is 1. The summed E-state index contributed by atoms with van der Waals surface area (Å²) in [7, 11) is 0. The van der Waals surface area contributed by atoms with E-state index in [9.17, 15) is 5.26 Å². The van der Waals surface area contributed by atoms with E-state index in [0.29, 0.717) is 27.1 Å². The lowest BCUT2D eigenvalue weighted by Crippen LogP contribution is -1.91. The van der Waals surface area contributed by atoms with Crippen molar-refractivity contribution in [2.75, 3.05) is 0 Å². The van der Waals surface area contributed by atoms with Crippen molar-refractivity contribution in [2.45, 2.75) is 0 Å². The van der Waals surface area contributed by atoms with Gasteiger partial charge < -0.3 is 4.42 Å². The lowest BCUT2D eigenvalue weighted by Gasteiger charge is -1.95. The van der Waals surface area contributed by atoms with Crippen molar-refractivity contribution in [1.82, 2.24) is 19.6 Å². The van der Waals surface area contributed by atoms with E-state index < -0.39 is 0 Å². The van der Waals surface area contributed by atoms with E-state index in [0.717, 1.165) is 5.56 Å². The smallest absolute Gasteiger partial charge is 0.214 e. The normalized spacial score (nSPS) is 10.8. The molecule has 0 aliphatic heterocycles. The van der Waals surface area contributed by atoms with Crippen LogP contribution in [0.2, 0.25) is 0 Å². The van der Waals surface area contributed by atoms with Gasteiger partial charge in [-0.15, -0.1) is 5.10 Å². The molecule has 0 N–H and O–H groups in total. The number of rotatable bonds is 2. The van der Waals surface area contributed by atoms with Gasteiger partial charge in [0.05, 0.1) is 6.26 Å². The van der Waals surface area contributed by atoms with Crippen LogP contribution in [0.1, 0.15) is 5.69 Å². The number of fused-ring (bicyclic) bond motifs is 1. The van der Waals surface area contributed by atoms with Crippen LogP contribution in [-0.4, -0.2) is 19.6 Å².